The number of hydrogen-bond acceptors (Lipinski definition) is 3. The van der Waals surface area contributed by atoms with Gasteiger partial charge in [0.25, 0.3) is 0 Å². The van der Waals surface area contributed by atoms with Gasteiger partial charge in [-0.1, -0.05) is 38.1 Å². The number of rotatable bonds is 6. The van der Waals surface area contributed by atoms with Crippen LogP contribution in [0.4, 0.5) is 0 Å². The quantitative estimate of drug-likeness (QED) is 0.573. The van der Waals surface area contributed by atoms with Crippen molar-refractivity contribution in [1.29, 1.82) is 0 Å². The minimum absolute atomic E-state index is 0.0175. The van der Waals surface area contributed by atoms with E-state index in [1.54, 1.807) is 0 Å². The van der Waals surface area contributed by atoms with Gasteiger partial charge in [0.05, 0.1) is 13.5 Å². The van der Waals surface area contributed by atoms with E-state index in [9.17, 15) is 9.59 Å². The van der Waals surface area contributed by atoms with Gasteiger partial charge in [0.2, 0.25) is 0 Å². The number of ether oxygens (including phenoxy) is 1. The van der Waals surface area contributed by atoms with Gasteiger partial charge in [0.1, 0.15) is 0 Å². The summed E-state index contributed by atoms with van der Waals surface area (Å²) in [6, 6.07) is 7.64. The lowest BCUT2D eigenvalue weighted by Crippen LogP contribution is -2.06. The molecule has 3 nitrogen and oxygen atoms in total. The highest BCUT2D eigenvalue weighted by Gasteiger charge is 2.10. The van der Waals surface area contributed by atoms with Gasteiger partial charge < -0.3 is 4.74 Å². The summed E-state index contributed by atoms with van der Waals surface area (Å²) >= 11 is 0. The summed E-state index contributed by atoms with van der Waals surface area (Å²) in [4.78, 5) is 22.8. The van der Waals surface area contributed by atoms with Crippen molar-refractivity contribution >= 4 is 11.8 Å². The Morgan fingerprint density at radius 2 is 1.78 bits per heavy atom. The molecule has 0 saturated carbocycles. The molecule has 1 aromatic rings. The Morgan fingerprint density at radius 3 is 2.28 bits per heavy atom. The van der Waals surface area contributed by atoms with E-state index in [0.717, 1.165) is 6.42 Å². The van der Waals surface area contributed by atoms with Crippen LogP contribution in [0.1, 0.15) is 54.9 Å². The Morgan fingerprint density at radius 1 is 1.17 bits per heavy atom. The van der Waals surface area contributed by atoms with Crippen LogP contribution in [-0.2, 0) is 9.53 Å². The van der Waals surface area contributed by atoms with Crippen molar-refractivity contribution in [1.82, 2.24) is 0 Å². The molecule has 0 spiro atoms. The van der Waals surface area contributed by atoms with E-state index in [0.29, 0.717) is 11.5 Å². The lowest BCUT2D eigenvalue weighted by Gasteiger charge is -2.09. The van der Waals surface area contributed by atoms with Gasteiger partial charge in [-0.3, -0.25) is 9.59 Å². The molecule has 0 aliphatic heterocycles. The zero-order valence-corrected chi connectivity index (χ0v) is 11.2. The summed E-state index contributed by atoms with van der Waals surface area (Å²) in [7, 11) is 1.33. The number of methoxy groups -OCH3 is 1. The van der Waals surface area contributed by atoms with Crippen LogP contribution >= 0.6 is 0 Å². The normalized spacial score (nSPS) is 11.9. The van der Waals surface area contributed by atoms with E-state index in [4.69, 9.17) is 0 Å². The van der Waals surface area contributed by atoms with Gasteiger partial charge in [-0.15, -0.1) is 0 Å². The SMILES string of the molecule is CC[C@H](C)c1ccc(C(=O)CCC(=O)OC)cc1. The fraction of sp³-hybridized carbons (Fsp3) is 0.467. The average Bonchev–Trinajstić information content (AvgIpc) is 2.43. The van der Waals surface area contributed by atoms with Gasteiger partial charge in [-0.25, -0.2) is 0 Å². The first kappa shape index (κ1) is 14.4. The monoisotopic (exact) mass is 248 g/mol. The molecule has 18 heavy (non-hydrogen) atoms. The molecule has 0 aliphatic rings. The Labute approximate surface area is 108 Å². The molecule has 0 unspecified atom stereocenters. The summed E-state index contributed by atoms with van der Waals surface area (Å²) in [6.07, 6.45) is 1.42. The third-order valence-corrected chi connectivity index (χ3v) is 3.20. The molecular formula is C15H20O3. The number of ketones is 1. The number of benzene rings is 1. The molecule has 0 saturated heterocycles. The van der Waals surface area contributed by atoms with Crippen molar-refractivity contribution in [2.24, 2.45) is 0 Å². The van der Waals surface area contributed by atoms with Crippen molar-refractivity contribution in [3.63, 3.8) is 0 Å². The first-order chi connectivity index (χ1) is 8.58. The summed E-state index contributed by atoms with van der Waals surface area (Å²) in [5.74, 6) is 0.139. The number of Topliss-reactive ketones (excluding diaryl/α,β-unsaturated/α-hetero) is 1. The van der Waals surface area contributed by atoms with Crippen LogP contribution in [0.2, 0.25) is 0 Å². The molecule has 0 bridgehead atoms. The number of carbonyl (C=O) groups is 2. The van der Waals surface area contributed by atoms with E-state index in [1.165, 1.54) is 12.7 Å². The van der Waals surface area contributed by atoms with Crippen LogP contribution in [0, 0.1) is 0 Å². The molecular weight excluding hydrogens is 228 g/mol. The van der Waals surface area contributed by atoms with Crippen molar-refractivity contribution in [2.45, 2.75) is 39.0 Å². The highest BCUT2D eigenvalue weighted by Crippen LogP contribution is 2.19. The lowest BCUT2D eigenvalue weighted by atomic mass is 9.96. The van der Waals surface area contributed by atoms with Crippen molar-refractivity contribution in [2.75, 3.05) is 7.11 Å². The summed E-state index contributed by atoms with van der Waals surface area (Å²) in [5.41, 5.74) is 1.90. The molecule has 1 atom stereocenters. The van der Waals surface area contributed by atoms with Gasteiger partial charge in [0.15, 0.2) is 5.78 Å². The van der Waals surface area contributed by atoms with Crippen LogP contribution < -0.4 is 0 Å². The number of esters is 1. The highest BCUT2D eigenvalue weighted by molar-refractivity contribution is 5.97. The molecule has 98 valence electrons. The third-order valence-electron chi connectivity index (χ3n) is 3.20. The predicted octanol–water partition coefficient (Wildman–Crippen LogP) is 3.34. The van der Waals surface area contributed by atoms with E-state index < -0.39 is 0 Å². The largest absolute Gasteiger partial charge is 0.469 e. The number of hydrogen-bond donors (Lipinski definition) is 0. The van der Waals surface area contributed by atoms with Crippen molar-refractivity contribution < 1.29 is 14.3 Å². The van der Waals surface area contributed by atoms with Gasteiger partial charge >= 0.3 is 5.97 Å². The first-order valence-electron chi connectivity index (χ1n) is 6.28. The van der Waals surface area contributed by atoms with E-state index in [-0.39, 0.29) is 24.6 Å². The molecule has 1 aromatic carbocycles. The van der Waals surface area contributed by atoms with Crippen LogP contribution in [0.3, 0.4) is 0 Å². The van der Waals surface area contributed by atoms with E-state index >= 15 is 0 Å². The maximum Gasteiger partial charge on any atom is 0.305 e. The topological polar surface area (TPSA) is 43.4 Å². The predicted molar refractivity (Wildman–Crippen MR) is 70.7 cm³/mol. The van der Waals surface area contributed by atoms with Gasteiger partial charge in [-0.2, -0.15) is 0 Å². The van der Waals surface area contributed by atoms with Crippen LogP contribution in [0.15, 0.2) is 24.3 Å². The molecule has 0 N–H and O–H groups in total. The van der Waals surface area contributed by atoms with Crippen molar-refractivity contribution in [3.8, 4) is 0 Å². The molecule has 0 aliphatic carbocycles. The molecule has 0 fully saturated rings. The Bertz CT molecular complexity index is 406. The molecule has 1 rings (SSSR count). The molecule has 3 heteroatoms. The molecule has 0 radical (unpaired) electrons. The smallest absolute Gasteiger partial charge is 0.305 e. The third kappa shape index (κ3) is 3.99. The summed E-state index contributed by atoms with van der Waals surface area (Å²) in [6.45, 7) is 4.30. The Kier molecular flexibility index (Phi) is 5.56. The number of carbonyl (C=O) groups excluding carboxylic acids is 2. The zero-order chi connectivity index (χ0) is 13.5. The fourth-order valence-electron chi connectivity index (χ4n) is 1.70. The standard InChI is InChI=1S/C15H20O3/c1-4-11(2)12-5-7-13(8-6-12)14(16)9-10-15(17)18-3/h5-8,11H,4,9-10H2,1-3H3/t11-/m0/s1. The Balaban J connectivity index is 2.62. The minimum Gasteiger partial charge on any atom is -0.469 e. The average molecular weight is 248 g/mol. The molecule has 0 aromatic heterocycles. The lowest BCUT2D eigenvalue weighted by molar-refractivity contribution is -0.140. The zero-order valence-electron chi connectivity index (χ0n) is 11.2. The van der Waals surface area contributed by atoms with E-state index in [1.807, 2.05) is 24.3 Å². The van der Waals surface area contributed by atoms with Gasteiger partial charge in [-0.05, 0) is 17.9 Å². The maximum absolute atomic E-state index is 11.8. The minimum atomic E-state index is -0.348. The first-order valence-corrected chi connectivity index (χ1v) is 6.28. The Hall–Kier alpha value is -1.64. The van der Waals surface area contributed by atoms with Gasteiger partial charge in [0, 0.05) is 12.0 Å². The maximum atomic E-state index is 11.8. The molecule has 0 amide bonds. The van der Waals surface area contributed by atoms with E-state index in [2.05, 4.69) is 18.6 Å². The van der Waals surface area contributed by atoms with Crippen molar-refractivity contribution in [3.05, 3.63) is 35.4 Å². The second-order valence-electron chi connectivity index (χ2n) is 4.43. The fourth-order valence-corrected chi connectivity index (χ4v) is 1.70. The van der Waals surface area contributed by atoms with Crippen LogP contribution in [0.5, 0.6) is 0 Å². The molecule has 0 heterocycles. The van der Waals surface area contributed by atoms with Crippen LogP contribution in [0.25, 0.3) is 0 Å². The second-order valence-corrected chi connectivity index (χ2v) is 4.43. The van der Waals surface area contributed by atoms with Crippen LogP contribution in [-0.4, -0.2) is 18.9 Å². The summed E-state index contributed by atoms with van der Waals surface area (Å²) in [5, 5.41) is 0. The summed E-state index contributed by atoms with van der Waals surface area (Å²) < 4.78 is 4.51. The second kappa shape index (κ2) is 6.94. The highest BCUT2D eigenvalue weighted by atomic mass is 16.5.